The largest absolute Gasteiger partial charge is 0.356 e. The van der Waals surface area contributed by atoms with E-state index in [2.05, 4.69) is 32.1 Å². The number of para-hydroxylation sites is 1. The number of nitrogens with zero attached hydrogens (tertiary/aromatic N) is 6. The lowest BCUT2D eigenvalue weighted by Crippen LogP contribution is -2.49. The first kappa shape index (κ1) is 21.1. The Labute approximate surface area is 188 Å². The molecule has 0 radical (unpaired) electrons. The van der Waals surface area contributed by atoms with Crippen molar-refractivity contribution in [3.05, 3.63) is 42.1 Å². The van der Waals surface area contributed by atoms with Gasteiger partial charge in [-0.15, -0.1) is 10.2 Å². The zero-order valence-electron chi connectivity index (χ0n) is 18.2. The maximum Gasteiger partial charge on any atom is 0.220 e. The van der Waals surface area contributed by atoms with Crippen molar-refractivity contribution in [2.24, 2.45) is 5.92 Å². The lowest BCUT2D eigenvalue weighted by Gasteiger charge is -2.34. The number of piperidine rings is 1. The number of hydrogen-bond donors (Lipinski definition) is 0. The molecule has 0 aliphatic carbocycles. The van der Waals surface area contributed by atoms with Crippen LogP contribution in [-0.2, 0) is 15.8 Å². The van der Waals surface area contributed by atoms with Crippen LogP contribution in [0.5, 0.6) is 0 Å². The molecule has 0 spiro atoms. The highest BCUT2D eigenvalue weighted by Crippen LogP contribution is 2.24. The Morgan fingerprint density at radius 2 is 1.53 bits per heavy atom. The number of anilines is 2. The maximum atomic E-state index is 13.0. The summed E-state index contributed by atoms with van der Waals surface area (Å²) in [4.78, 5) is 4.38. The number of piperazine rings is 1. The van der Waals surface area contributed by atoms with Crippen molar-refractivity contribution in [3.8, 4) is 0 Å². The number of hydrogen-bond acceptors (Lipinski definition) is 8. The first-order valence-corrected chi connectivity index (χ1v) is 12.8. The van der Waals surface area contributed by atoms with Crippen LogP contribution in [0.25, 0.3) is 11.0 Å². The van der Waals surface area contributed by atoms with E-state index in [4.69, 9.17) is 4.52 Å². The summed E-state index contributed by atoms with van der Waals surface area (Å²) in [7, 11) is -3.49. The van der Waals surface area contributed by atoms with Crippen LogP contribution in [0.3, 0.4) is 0 Å². The van der Waals surface area contributed by atoms with Gasteiger partial charge in [0.1, 0.15) is 11.4 Å². The molecule has 0 amide bonds. The number of rotatable bonds is 5. The van der Waals surface area contributed by atoms with E-state index in [1.54, 1.807) is 6.07 Å². The highest BCUT2D eigenvalue weighted by molar-refractivity contribution is 7.88. The summed E-state index contributed by atoms with van der Waals surface area (Å²) in [6.07, 6.45) is 2.37. The van der Waals surface area contributed by atoms with E-state index >= 15 is 0 Å². The Morgan fingerprint density at radius 1 is 0.906 bits per heavy atom. The summed E-state index contributed by atoms with van der Waals surface area (Å²) in [5.41, 5.74) is 1.06. The monoisotopic (exact) mass is 456 g/mol. The topological polar surface area (TPSA) is 95.7 Å². The van der Waals surface area contributed by atoms with E-state index in [1.165, 1.54) is 17.1 Å². The molecule has 0 bridgehead atoms. The van der Waals surface area contributed by atoms with Gasteiger partial charge in [0.05, 0.1) is 0 Å². The number of sulfonamides is 1. The third-order valence-corrected chi connectivity index (χ3v) is 8.26. The molecular weight excluding hydrogens is 428 g/mol. The lowest BCUT2D eigenvalue weighted by atomic mass is 9.99. The lowest BCUT2D eigenvalue weighted by molar-refractivity contribution is 0.381. The molecule has 0 N–H and O–H groups in total. The molecular formula is C22H28N6O3S. The minimum absolute atomic E-state index is 0.160. The van der Waals surface area contributed by atoms with Crippen molar-refractivity contribution in [3.63, 3.8) is 0 Å². The molecule has 2 saturated heterocycles. The molecule has 3 aromatic rings. The zero-order valence-corrected chi connectivity index (χ0v) is 19.0. The molecule has 1 aromatic carbocycles. The van der Waals surface area contributed by atoms with Gasteiger partial charge in [0.25, 0.3) is 0 Å². The summed E-state index contributed by atoms with van der Waals surface area (Å²) in [5.74, 6) is 2.32. The molecule has 2 aliphatic heterocycles. The first-order chi connectivity index (χ1) is 15.5. The Kier molecular flexibility index (Phi) is 5.73. The Morgan fingerprint density at radius 3 is 2.19 bits per heavy atom. The molecule has 5 rings (SSSR count). The SMILES string of the molecule is CC1CCN(c2ccc(N3CCN(S(=O)(=O)Cc4noc5ccccc45)CC3)nn2)CC1. The third-order valence-electron chi connectivity index (χ3n) is 6.47. The quantitative estimate of drug-likeness (QED) is 0.578. The average Bonchev–Trinajstić information content (AvgIpc) is 3.22. The summed E-state index contributed by atoms with van der Waals surface area (Å²) in [5, 5.41) is 13.6. The molecule has 2 aliphatic rings. The van der Waals surface area contributed by atoms with Crippen molar-refractivity contribution < 1.29 is 12.9 Å². The molecule has 4 heterocycles. The molecule has 2 fully saturated rings. The van der Waals surface area contributed by atoms with E-state index in [-0.39, 0.29) is 5.75 Å². The van der Waals surface area contributed by atoms with E-state index < -0.39 is 10.0 Å². The van der Waals surface area contributed by atoms with Crippen molar-refractivity contribution in [2.45, 2.75) is 25.5 Å². The summed E-state index contributed by atoms with van der Waals surface area (Å²) < 4.78 is 32.7. The van der Waals surface area contributed by atoms with E-state index in [0.29, 0.717) is 37.5 Å². The molecule has 32 heavy (non-hydrogen) atoms. The van der Waals surface area contributed by atoms with Gasteiger partial charge in [0.15, 0.2) is 17.2 Å². The molecule has 10 heteroatoms. The highest BCUT2D eigenvalue weighted by Gasteiger charge is 2.29. The van der Waals surface area contributed by atoms with Crippen molar-refractivity contribution >= 4 is 32.6 Å². The van der Waals surface area contributed by atoms with Crippen LogP contribution in [0.4, 0.5) is 11.6 Å². The second-order valence-electron chi connectivity index (χ2n) is 8.69. The van der Waals surface area contributed by atoms with Gasteiger partial charge in [-0.2, -0.15) is 4.31 Å². The summed E-state index contributed by atoms with van der Waals surface area (Å²) >= 11 is 0. The van der Waals surface area contributed by atoms with E-state index in [1.807, 2.05) is 30.3 Å². The second kappa shape index (κ2) is 8.67. The van der Waals surface area contributed by atoms with Crippen molar-refractivity contribution in [1.29, 1.82) is 0 Å². The fourth-order valence-corrected chi connectivity index (χ4v) is 5.85. The van der Waals surface area contributed by atoms with E-state index in [0.717, 1.165) is 36.0 Å². The average molecular weight is 457 g/mol. The van der Waals surface area contributed by atoms with Crippen LogP contribution >= 0.6 is 0 Å². The fourth-order valence-electron chi connectivity index (χ4n) is 4.39. The third kappa shape index (κ3) is 4.29. The van der Waals surface area contributed by atoms with Gasteiger partial charge < -0.3 is 14.3 Å². The first-order valence-electron chi connectivity index (χ1n) is 11.1. The van der Waals surface area contributed by atoms with Gasteiger partial charge in [-0.05, 0) is 43.0 Å². The summed E-state index contributed by atoms with van der Waals surface area (Å²) in [6.45, 7) is 6.30. The Hall–Kier alpha value is -2.72. The smallest absolute Gasteiger partial charge is 0.220 e. The van der Waals surface area contributed by atoms with Gasteiger partial charge in [0, 0.05) is 44.7 Å². The number of fused-ring (bicyclic) bond motifs is 1. The second-order valence-corrected chi connectivity index (χ2v) is 10.7. The van der Waals surface area contributed by atoms with Crippen LogP contribution in [0, 0.1) is 5.92 Å². The predicted molar refractivity (Wildman–Crippen MR) is 123 cm³/mol. The van der Waals surface area contributed by atoms with E-state index in [9.17, 15) is 8.42 Å². The number of aromatic nitrogens is 3. The zero-order chi connectivity index (χ0) is 22.1. The Balaban J connectivity index is 1.20. The van der Waals surface area contributed by atoms with Crippen LogP contribution < -0.4 is 9.80 Å². The minimum Gasteiger partial charge on any atom is -0.356 e. The molecule has 0 unspecified atom stereocenters. The van der Waals surface area contributed by atoms with Gasteiger partial charge in [0.2, 0.25) is 10.0 Å². The summed E-state index contributed by atoms with van der Waals surface area (Å²) in [6, 6.07) is 11.3. The van der Waals surface area contributed by atoms with Gasteiger partial charge in [-0.3, -0.25) is 0 Å². The normalized spacial score (nSPS) is 19.0. The number of benzene rings is 1. The molecule has 0 saturated carbocycles. The standard InChI is InChI=1S/C22H28N6O3S/c1-17-8-10-26(11-9-17)21-6-7-22(24-23-21)27-12-14-28(15-13-27)32(29,30)16-19-18-4-2-3-5-20(18)31-25-19/h2-7,17H,8-16H2,1H3. The van der Waals surface area contributed by atoms with Crippen LogP contribution in [-0.4, -0.2) is 67.3 Å². The van der Waals surface area contributed by atoms with Gasteiger partial charge >= 0.3 is 0 Å². The fraction of sp³-hybridized carbons (Fsp3) is 0.500. The van der Waals surface area contributed by atoms with Crippen molar-refractivity contribution in [2.75, 3.05) is 49.1 Å². The van der Waals surface area contributed by atoms with Gasteiger partial charge in [-0.1, -0.05) is 24.2 Å². The maximum absolute atomic E-state index is 13.0. The predicted octanol–water partition coefficient (Wildman–Crippen LogP) is 2.51. The molecule has 170 valence electrons. The Bertz CT molecular complexity index is 1160. The van der Waals surface area contributed by atoms with Crippen molar-refractivity contribution in [1.82, 2.24) is 19.7 Å². The highest BCUT2D eigenvalue weighted by atomic mass is 32.2. The van der Waals surface area contributed by atoms with Crippen LogP contribution in [0.2, 0.25) is 0 Å². The van der Waals surface area contributed by atoms with Gasteiger partial charge in [-0.25, -0.2) is 8.42 Å². The van der Waals surface area contributed by atoms with Crippen LogP contribution in [0.1, 0.15) is 25.5 Å². The minimum atomic E-state index is -3.49. The molecule has 2 aromatic heterocycles. The molecule has 9 nitrogen and oxygen atoms in total. The molecule has 0 atom stereocenters. The van der Waals surface area contributed by atoms with Crippen LogP contribution in [0.15, 0.2) is 40.9 Å².